The second-order valence-electron chi connectivity index (χ2n) is 5.92. The maximum atomic E-state index is 13.3. The van der Waals surface area contributed by atoms with E-state index in [-0.39, 0.29) is 29.5 Å². The molecule has 1 aliphatic heterocycles. The minimum atomic E-state index is -0.690. The zero-order valence-corrected chi connectivity index (χ0v) is 15.8. The van der Waals surface area contributed by atoms with E-state index in [2.05, 4.69) is 10.6 Å². The number of urea groups is 1. The van der Waals surface area contributed by atoms with Crippen molar-refractivity contribution in [2.24, 2.45) is 0 Å². The molecule has 0 aromatic heterocycles. The Balaban J connectivity index is 1.94. The summed E-state index contributed by atoms with van der Waals surface area (Å²) in [6, 6.07) is 11.8. The van der Waals surface area contributed by atoms with E-state index in [0.717, 1.165) is 5.56 Å². The van der Waals surface area contributed by atoms with Gasteiger partial charge in [-0.2, -0.15) is 0 Å². The molecule has 0 bridgehead atoms. The number of amides is 2. The van der Waals surface area contributed by atoms with Crippen molar-refractivity contribution >= 4 is 23.6 Å². The SMILES string of the molecule is CCOC(=O)C1=C(COc2ccc(F)c(Cl)c2)NC(=O)N[C@@H]1c1ccccc1. The Labute approximate surface area is 166 Å². The Hall–Kier alpha value is -3.06. The molecule has 0 radical (unpaired) electrons. The number of benzene rings is 2. The summed E-state index contributed by atoms with van der Waals surface area (Å²) in [4.78, 5) is 24.8. The molecule has 146 valence electrons. The maximum absolute atomic E-state index is 13.3. The average Bonchev–Trinajstić information content (AvgIpc) is 2.69. The van der Waals surface area contributed by atoms with Crippen LogP contribution in [-0.2, 0) is 9.53 Å². The molecule has 2 aromatic carbocycles. The van der Waals surface area contributed by atoms with Crippen LogP contribution >= 0.6 is 11.6 Å². The lowest BCUT2D eigenvalue weighted by Gasteiger charge is -2.29. The fraction of sp³-hybridized carbons (Fsp3) is 0.200. The van der Waals surface area contributed by atoms with E-state index in [0.29, 0.717) is 5.75 Å². The van der Waals surface area contributed by atoms with Gasteiger partial charge in [0.1, 0.15) is 18.2 Å². The van der Waals surface area contributed by atoms with Gasteiger partial charge in [-0.25, -0.2) is 14.0 Å². The standard InChI is InChI=1S/C20H18ClFN2O4/c1-2-27-19(25)17-16(11-28-13-8-9-15(22)14(21)10-13)23-20(26)24-18(17)12-6-4-3-5-7-12/h3-10,18H,2,11H2,1H3,(H2,23,24,26)/t18-/m1/s1. The fourth-order valence-electron chi connectivity index (χ4n) is 2.80. The molecule has 0 saturated heterocycles. The first kappa shape index (κ1) is 19.7. The smallest absolute Gasteiger partial charge is 0.338 e. The van der Waals surface area contributed by atoms with E-state index < -0.39 is 23.9 Å². The van der Waals surface area contributed by atoms with Crippen LogP contribution in [-0.4, -0.2) is 25.2 Å². The van der Waals surface area contributed by atoms with Crippen LogP contribution in [0.1, 0.15) is 18.5 Å². The molecule has 3 rings (SSSR count). The van der Waals surface area contributed by atoms with Gasteiger partial charge < -0.3 is 20.1 Å². The van der Waals surface area contributed by atoms with Crippen molar-refractivity contribution < 1.29 is 23.5 Å². The van der Waals surface area contributed by atoms with Gasteiger partial charge in [0.2, 0.25) is 0 Å². The zero-order valence-electron chi connectivity index (χ0n) is 15.0. The fourth-order valence-corrected chi connectivity index (χ4v) is 2.97. The minimum absolute atomic E-state index is 0.0893. The molecule has 2 N–H and O–H groups in total. The van der Waals surface area contributed by atoms with E-state index >= 15 is 0 Å². The van der Waals surface area contributed by atoms with Crippen LogP contribution in [0.5, 0.6) is 5.75 Å². The van der Waals surface area contributed by atoms with Crippen molar-refractivity contribution in [2.75, 3.05) is 13.2 Å². The first-order valence-electron chi connectivity index (χ1n) is 8.60. The molecule has 0 unspecified atom stereocenters. The van der Waals surface area contributed by atoms with Gasteiger partial charge in [-0.1, -0.05) is 41.9 Å². The predicted molar refractivity (Wildman–Crippen MR) is 101 cm³/mol. The minimum Gasteiger partial charge on any atom is -0.487 e. The molecule has 0 fully saturated rings. The number of carbonyl (C=O) groups excluding carboxylic acids is 2. The van der Waals surface area contributed by atoms with Gasteiger partial charge in [0.25, 0.3) is 0 Å². The second kappa shape index (κ2) is 8.75. The predicted octanol–water partition coefficient (Wildman–Crippen LogP) is 3.73. The lowest BCUT2D eigenvalue weighted by atomic mass is 9.95. The van der Waals surface area contributed by atoms with E-state index in [4.69, 9.17) is 21.1 Å². The van der Waals surface area contributed by atoms with Crippen LogP contribution in [0.3, 0.4) is 0 Å². The third-order valence-corrected chi connectivity index (χ3v) is 4.35. The van der Waals surface area contributed by atoms with E-state index in [1.807, 2.05) is 18.2 Å². The summed E-state index contributed by atoms with van der Waals surface area (Å²) in [5.41, 5.74) is 1.22. The number of nitrogens with one attached hydrogen (secondary N) is 2. The second-order valence-corrected chi connectivity index (χ2v) is 6.33. The molecular weight excluding hydrogens is 387 g/mol. The number of rotatable bonds is 6. The molecule has 1 atom stereocenters. The summed E-state index contributed by atoms with van der Waals surface area (Å²) in [6.07, 6.45) is 0. The molecule has 6 nitrogen and oxygen atoms in total. The largest absolute Gasteiger partial charge is 0.487 e. The molecule has 8 heteroatoms. The van der Waals surface area contributed by atoms with E-state index in [1.165, 1.54) is 18.2 Å². The summed E-state index contributed by atoms with van der Waals surface area (Å²) in [6.45, 7) is 1.74. The molecule has 0 saturated carbocycles. The van der Waals surface area contributed by atoms with Crippen LogP contribution in [0.15, 0.2) is 59.8 Å². The maximum Gasteiger partial charge on any atom is 0.338 e. The molecule has 1 aliphatic rings. The summed E-state index contributed by atoms with van der Waals surface area (Å²) >= 11 is 5.76. The van der Waals surface area contributed by atoms with Gasteiger partial charge >= 0.3 is 12.0 Å². The molecular formula is C20H18ClFN2O4. The number of carbonyl (C=O) groups is 2. The summed E-state index contributed by atoms with van der Waals surface area (Å²) < 4.78 is 24.1. The van der Waals surface area contributed by atoms with Crippen molar-refractivity contribution in [2.45, 2.75) is 13.0 Å². The zero-order chi connectivity index (χ0) is 20.1. The van der Waals surface area contributed by atoms with Gasteiger partial charge in [0.05, 0.1) is 28.9 Å². The monoisotopic (exact) mass is 404 g/mol. The average molecular weight is 405 g/mol. The Morgan fingerprint density at radius 2 is 1.96 bits per heavy atom. The van der Waals surface area contributed by atoms with Crippen molar-refractivity contribution in [3.05, 3.63) is 76.2 Å². The third kappa shape index (κ3) is 4.43. The first-order valence-corrected chi connectivity index (χ1v) is 8.98. The quantitative estimate of drug-likeness (QED) is 0.719. The lowest BCUT2D eigenvalue weighted by molar-refractivity contribution is -0.139. The molecule has 1 heterocycles. The van der Waals surface area contributed by atoms with Gasteiger partial charge in [-0.05, 0) is 24.6 Å². The van der Waals surface area contributed by atoms with Gasteiger partial charge in [-0.15, -0.1) is 0 Å². The van der Waals surface area contributed by atoms with Crippen molar-refractivity contribution in [3.63, 3.8) is 0 Å². The van der Waals surface area contributed by atoms with Crippen molar-refractivity contribution in [3.8, 4) is 5.75 Å². The Morgan fingerprint density at radius 3 is 2.64 bits per heavy atom. The Morgan fingerprint density at radius 1 is 1.21 bits per heavy atom. The van der Waals surface area contributed by atoms with E-state index in [1.54, 1.807) is 19.1 Å². The number of esters is 1. The van der Waals surface area contributed by atoms with Crippen LogP contribution < -0.4 is 15.4 Å². The van der Waals surface area contributed by atoms with Crippen molar-refractivity contribution in [1.82, 2.24) is 10.6 Å². The van der Waals surface area contributed by atoms with Crippen LogP contribution in [0, 0.1) is 5.82 Å². The Kier molecular flexibility index (Phi) is 6.16. The molecule has 2 amide bonds. The molecule has 2 aromatic rings. The normalized spacial score (nSPS) is 16.2. The highest BCUT2D eigenvalue weighted by atomic mass is 35.5. The Bertz CT molecular complexity index is 918. The third-order valence-electron chi connectivity index (χ3n) is 4.06. The molecule has 0 spiro atoms. The van der Waals surface area contributed by atoms with Crippen molar-refractivity contribution in [1.29, 1.82) is 0 Å². The number of hydrogen-bond donors (Lipinski definition) is 2. The summed E-state index contributed by atoms with van der Waals surface area (Å²) in [5, 5.41) is 5.24. The highest BCUT2D eigenvalue weighted by Gasteiger charge is 2.33. The lowest BCUT2D eigenvalue weighted by Crippen LogP contribution is -2.47. The number of ether oxygens (including phenoxy) is 2. The van der Waals surface area contributed by atoms with Gasteiger partial charge in [0, 0.05) is 6.07 Å². The highest BCUT2D eigenvalue weighted by molar-refractivity contribution is 6.30. The van der Waals surface area contributed by atoms with Crippen LogP contribution in [0.2, 0.25) is 5.02 Å². The highest BCUT2D eigenvalue weighted by Crippen LogP contribution is 2.28. The molecule has 0 aliphatic carbocycles. The van der Waals surface area contributed by atoms with E-state index in [9.17, 15) is 14.0 Å². The van der Waals surface area contributed by atoms with Crippen LogP contribution in [0.25, 0.3) is 0 Å². The number of halogens is 2. The van der Waals surface area contributed by atoms with Crippen LogP contribution in [0.4, 0.5) is 9.18 Å². The first-order chi connectivity index (χ1) is 13.5. The summed E-state index contributed by atoms with van der Waals surface area (Å²) in [5.74, 6) is -0.842. The molecule has 28 heavy (non-hydrogen) atoms. The van der Waals surface area contributed by atoms with Gasteiger partial charge in [0.15, 0.2) is 0 Å². The summed E-state index contributed by atoms with van der Waals surface area (Å²) in [7, 11) is 0. The van der Waals surface area contributed by atoms with Gasteiger partial charge in [-0.3, -0.25) is 0 Å². The number of hydrogen-bond acceptors (Lipinski definition) is 4. The topological polar surface area (TPSA) is 76.7 Å².